The molecular formula is C19H25BrN4O3S. The molecule has 0 bridgehead atoms. The molecule has 0 aliphatic heterocycles. The van der Waals surface area contributed by atoms with E-state index < -0.39 is 10.0 Å². The molecule has 0 unspecified atom stereocenters. The van der Waals surface area contributed by atoms with Crippen LogP contribution in [0, 0.1) is 6.92 Å². The van der Waals surface area contributed by atoms with E-state index in [0.717, 1.165) is 25.7 Å². The Bertz CT molecular complexity index is 962. The van der Waals surface area contributed by atoms with Crippen molar-refractivity contribution in [2.24, 2.45) is 0 Å². The van der Waals surface area contributed by atoms with E-state index in [4.69, 9.17) is 0 Å². The second kappa shape index (κ2) is 9.40. The molecule has 3 N–H and O–H groups in total. The van der Waals surface area contributed by atoms with Crippen molar-refractivity contribution in [3.05, 3.63) is 46.4 Å². The van der Waals surface area contributed by atoms with E-state index in [1.165, 1.54) is 20.2 Å². The highest BCUT2D eigenvalue weighted by molar-refractivity contribution is 9.10. The number of carbonyl (C=O) groups is 1. The topological polar surface area (TPSA) is 90.5 Å². The van der Waals surface area contributed by atoms with Crippen LogP contribution in [0.4, 0.5) is 17.1 Å². The van der Waals surface area contributed by atoms with Gasteiger partial charge in [-0.05, 0) is 55.8 Å². The molecule has 0 fully saturated rings. The lowest BCUT2D eigenvalue weighted by Crippen LogP contribution is -2.24. The smallest absolute Gasteiger partial charge is 0.243 e. The first-order valence-electron chi connectivity index (χ1n) is 8.75. The molecule has 9 heteroatoms. The van der Waals surface area contributed by atoms with Crippen LogP contribution >= 0.6 is 15.9 Å². The average molecular weight is 469 g/mol. The van der Waals surface area contributed by atoms with Crippen LogP contribution in [0.5, 0.6) is 0 Å². The van der Waals surface area contributed by atoms with Crippen LogP contribution < -0.4 is 16.0 Å². The summed E-state index contributed by atoms with van der Waals surface area (Å²) < 4.78 is 26.9. The molecule has 152 valence electrons. The number of hydrogen-bond donors (Lipinski definition) is 3. The average Bonchev–Trinajstić information content (AvgIpc) is 2.63. The van der Waals surface area contributed by atoms with E-state index in [2.05, 4.69) is 31.9 Å². The van der Waals surface area contributed by atoms with Crippen molar-refractivity contribution in [1.82, 2.24) is 4.31 Å². The molecule has 0 atom stereocenters. The molecule has 2 rings (SSSR count). The second-order valence-corrected chi connectivity index (χ2v) is 9.45. The number of nitrogens with zero attached hydrogens (tertiary/aromatic N) is 1. The molecule has 0 aliphatic carbocycles. The number of benzene rings is 2. The highest BCUT2D eigenvalue weighted by atomic mass is 79.9. The van der Waals surface area contributed by atoms with Gasteiger partial charge in [-0.3, -0.25) is 4.79 Å². The Balaban J connectivity index is 2.18. The van der Waals surface area contributed by atoms with Gasteiger partial charge in [0.25, 0.3) is 0 Å². The maximum atomic E-state index is 12.4. The molecule has 0 radical (unpaired) electrons. The van der Waals surface area contributed by atoms with Gasteiger partial charge in [-0.15, -0.1) is 0 Å². The molecule has 0 saturated carbocycles. The van der Waals surface area contributed by atoms with Gasteiger partial charge >= 0.3 is 0 Å². The Morgan fingerprint density at radius 3 is 2.32 bits per heavy atom. The van der Waals surface area contributed by atoms with Gasteiger partial charge in [0.15, 0.2) is 0 Å². The maximum absolute atomic E-state index is 12.4. The summed E-state index contributed by atoms with van der Waals surface area (Å²) in [5.41, 5.74) is 2.95. The van der Waals surface area contributed by atoms with Crippen molar-refractivity contribution in [1.29, 1.82) is 0 Å². The Hall–Kier alpha value is -2.10. The minimum absolute atomic E-state index is 0.000631. The number of anilines is 3. The maximum Gasteiger partial charge on any atom is 0.243 e. The Kier molecular flexibility index (Phi) is 7.45. The van der Waals surface area contributed by atoms with E-state index in [9.17, 15) is 13.2 Å². The molecule has 2 aromatic rings. The standard InChI is InChI=1S/C19H25BrN4O3S/c1-5-21-17-9-7-15(28(26,27)24(3)4)11-18(17)22-12-19(25)23-16-8-6-14(20)10-13(16)2/h6-11,21-22H,5,12H2,1-4H3,(H,23,25). The zero-order chi connectivity index (χ0) is 20.9. The van der Waals surface area contributed by atoms with Gasteiger partial charge in [-0.2, -0.15) is 0 Å². The van der Waals surface area contributed by atoms with Crippen LogP contribution in [-0.2, 0) is 14.8 Å². The molecule has 0 saturated heterocycles. The van der Waals surface area contributed by atoms with Crippen molar-refractivity contribution in [2.75, 3.05) is 43.1 Å². The van der Waals surface area contributed by atoms with Gasteiger partial charge in [-0.1, -0.05) is 15.9 Å². The molecule has 2 aromatic carbocycles. The third-order valence-corrected chi connectivity index (χ3v) is 6.34. The number of carbonyl (C=O) groups excluding carboxylic acids is 1. The SMILES string of the molecule is CCNc1ccc(S(=O)(=O)N(C)C)cc1NCC(=O)Nc1ccc(Br)cc1C. The molecule has 1 amide bonds. The lowest BCUT2D eigenvalue weighted by molar-refractivity contribution is -0.114. The van der Waals surface area contributed by atoms with Gasteiger partial charge in [-0.25, -0.2) is 12.7 Å². The quantitative estimate of drug-likeness (QED) is 0.551. The first-order chi connectivity index (χ1) is 13.1. The van der Waals surface area contributed by atoms with Crippen LogP contribution in [0.15, 0.2) is 45.8 Å². The molecule has 7 nitrogen and oxygen atoms in total. The summed E-state index contributed by atoms with van der Waals surface area (Å²) in [6.07, 6.45) is 0. The predicted octanol–water partition coefficient (Wildman–Crippen LogP) is 3.49. The molecule has 28 heavy (non-hydrogen) atoms. The molecule has 0 spiro atoms. The van der Waals surface area contributed by atoms with E-state index in [-0.39, 0.29) is 17.3 Å². The van der Waals surface area contributed by atoms with Crippen molar-refractivity contribution >= 4 is 48.9 Å². The zero-order valence-corrected chi connectivity index (χ0v) is 18.7. The monoisotopic (exact) mass is 468 g/mol. The fourth-order valence-electron chi connectivity index (χ4n) is 2.52. The van der Waals surface area contributed by atoms with Crippen molar-refractivity contribution in [2.45, 2.75) is 18.7 Å². The van der Waals surface area contributed by atoms with Gasteiger partial charge < -0.3 is 16.0 Å². The van der Waals surface area contributed by atoms with Gasteiger partial charge in [0.05, 0.1) is 22.8 Å². The molecule has 0 aromatic heterocycles. The lowest BCUT2D eigenvalue weighted by atomic mass is 10.2. The first kappa shape index (κ1) is 22.2. The number of nitrogens with one attached hydrogen (secondary N) is 3. The summed E-state index contributed by atoms with van der Waals surface area (Å²) in [6.45, 7) is 4.52. The Labute approximate surface area is 174 Å². The molecule has 0 heterocycles. The van der Waals surface area contributed by atoms with Crippen LogP contribution in [0.25, 0.3) is 0 Å². The van der Waals surface area contributed by atoms with Crippen molar-refractivity contribution < 1.29 is 13.2 Å². The number of aryl methyl sites for hydroxylation is 1. The number of halogens is 1. The van der Waals surface area contributed by atoms with Crippen LogP contribution in [0.1, 0.15) is 12.5 Å². The Morgan fingerprint density at radius 2 is 1.71 bits per heavy atom. The summed E-state index contributed by atoms with van der Waals surface area (Å²) in [4.78, 5) is 12.5. The highest BCUT2D eigenvalue weighted by Gasteiger charge is 2.19. The second-order valence-electron chi connectivity index (χ2n) is 6.39. The van der Waals surface area contributed by atoms with Crippen LogP contribution in [0.3, 0.4) is 0 Å². The number of rotatable bonds is 8. The van der Waals surface area contributed by atoms with E-state index in [1.807, 2.05) is 32.0 Å². The highest BCUT2D eigenvalue weighted by Crippen LogP contribution is 2.27. The fourth-order valence-corrected chi connectivity index (χ4v) is 3.93. The first-order valence-corrected chi connectivity index (χ1v) is 11.0. The third-order valence-electron chi connectivity index (χ3n) is 4.04. The van der Waals surface area contributed by atoms with E-state index >= 15 is 0 Å². The van der Waals surface area contributed by atoms with Gasteiger partial charge in [0, 0.05) is 30.8 Å². The summed E-state index contributed by atoms with van der Waals surface area (Å²) in [5, 5.41) is 9.05. The molecule has 0 aliphatic rings. The largest absolute Gasteiger partial charge is 0.384 e. The van der Waals surface area contributed by atoms with Crippen LogP contribution in [0.2, 0.25) is 0 Å². The summed E-state index contributed by atoms with van der Waals surface area (Å²) in [5.74, 6) is -0.228. The molecular weight excluding hydrogens is 444 g/mol. The number of sulfonamides is 1. The fraction of sp³-hybridized carbons (Fsp3) is 0.316. The van der Waals surface area contributed by atoms with Gasteiger partial charge in [0.1, 0.15) is 0 Å². The van der Waals surface area contributed by atoms with E-state index in [1.54, 1.807) is 12.1 Å². The minimum Gasteiger partial charge on any atom is -0.384 e. The van der Waals surface area contributed by atoms with Crippen LogP contribution in [-0.4, -0.2) is 45.8 Å². The number of amides is 1. The van der Waals surface area contributed by atoms with Crippen molar-refractivity contribution in [3.63, 3.8) is 0 Å². The predicted molar refractivity (Wildman–Crippen MR) is 117 cm³/mol. The van der Waals surface area contributed by atoms with Crippen molar-refractivity contribution in [3.8, 4) is 0 Å². The number of hydrogen-bond acceptors (Lipinski definition) is 5. The normalized spacial score (nSPS) is 11.4. The third kappa shape index (κ3) is 5.46. The summed E-state index contributed by atoms with van der Waals surface area (Å²) in [7, 11) is -0.606. The Morgan fingerprint density at radius 1 is 1.04 bits per heavy atom. The summed E-state index contributed by atoms with van der Waals surface area (Å²) >= 11 is 3.39. The lowest BCUT2D eigenvalue weighted by Gasteiger charge is -2.17. The zero-order valence-electron chi connectivity index (χ0n) is 16.3. The van der Waals surface area contributed by atoms with E-state index in [0.29, 0.717) is 12.2 Å². The summed E-state index contributed by atoms with van der Waals surface area (Å²) in [6, 6.07) is 10.4. The van der Waals surface area contributed by atoms with Gasteiger partial charge in [0.2, 0.25) is 15.9 Å². The minimum atomic E-state index is -3.57.